The van der Waals surface area contributed by atoms with E-state index in [0.717, 1.165) is 19.7 Å². The van der Waals surface area contributed by atoms with Crippen molar-refractivity contribution in [3.8, 4) is 0 Å². The molecule has 0 aliphatic rings. The van der Waals surface area contributed by atoms with Crippen LogP contribution in [0.5, 0.6) is 0 Å². The zero-order valence-electron chi connectivity index (χ0n) is 14.7. The molecule has 0 aliphatic heterocycles. The lowest BCUT2D eigenvalue weighted by molar-refractivity contribution is 0.0582. The second-order valence-corrected chi connectivity index (χ2v) is 6.01. The van der Waals surface area contributed by atoms with Crippen molar-refractivity contribution in [3.05, 3.63) is 57.2 Å². The maximum atomic E-state index is 13.4. The van der Waals surface area contributed by atoms with E-state index in [-0.39, 0.29) is 21.7 Å². The van der Waals surface area contributed by atoms with Gasteiger partial charge in [-0.15, -0.1) is 0 Å². The van der Waals surface area contributed by atoms with Crippen LogP contribution in [0.4, 0.5) is 0 Å². The fourth-order valence-electron chi connectivity index (χ4n) is 2.89. The van der Waals surface area contributed by atoms with Crippen molar-refractivity contribution in [2.45, 2.75) is 6.92 Å². The van der Waals surface area contributed by atoms with Crippen LogP contribution in [0.15, 0.2) is 24.3 Å². The standard InChI is InChI=1S/C18H15N3O5S/c1-8-11(9-6-4-5-7-10(9)19-8)15(22)12-13(16(23)25-2)20-18(27)21-14(12)17(24)26-3/h4-7,19H,1-3H3,(H,20,21,27). The van der Waals surface area contributed by atoms with Gasteiger partial charge in [0.05, 0.1) is 25.3 Å². The van der Waals surface area contributed by atoms with E-state index in [2.05, 4.69) is 15.0 Å². The number of methoxy groups -OCH3 is 2. The summed E-state index contributed by atoms with van der Waals surface area (Å²) in [7, 11) is 2.30. The molecule has 2 heterocycles. The Morgan fingerprint density at radius 2 is 1.67 bits per heavy atom. The van der Waals surface area contributed by atoms with Crippen LogP contribution in [0.25, 0.3) is 10.9 Å². The maximum Gasteiger partial charge on any atom is 0.357 e. The van der Waals surface area contributed by atoms with E-state index in [0.29, 0.717) is 16.6 Å². The van der Waals surface area contributed by atoms with Crippen LogP contribution in [-0.4, -0.2) is 46.9 Å². The molecule has 0 atom stereocenters. The summed E-state index contributed by atoms with van der Waals surface area (Å²) in [5.74, 6) is -2.32. The van der Waals surface area contributed by atoms with Crippen LogP contribution < -0.4 is 0 Å². The molecule has 27 heavy (non-hydrogen) atoms. The number of ketones is 1. The molecule has 138 valence electrons. The third-order valence-corrected chi connectivity index (χ3v) is 4.24. The third kappa shape index (κ3) is 3.13. The molecule has 0 unspecified atom stereocenters. The van der Waals surface area contributed by atoms with Gasteiger partial charge in [0.1, 0.15) is 5.69 Å². The lowest BCUT2D eigenvalue weighted by Gasteiger charge is -2.11. The molecular formula is C18H15N3O5S. The Hall–Kier alpha value is -3.33. The lowest BCUT2D eigenvalue weighted by atomic mass is 9.97. The average Bonchev–Trinajstić information content (AvgIpc) is 3.01. The number of aromatic amines is 2. The van der Waals surface area contributed by atoms with Crippen molar-refractivity contribution in [2.75, 3.05) is 14.2 Å². The van der Waals surface area contributed by atoms with Gasteiger partial charge in [0.15, 0.2) is 16.2 Å². The summed E-state index contributed by atoms with van der Waals surface area (Å²) >= 11 is 4.97. The molecule has 3 rings (SSSR count). The zero-order valence-corrected chi connectivity index (χ0v) is 15.5. The predicted molar refractivity (Wildman–Crippen MR) is 98.6 cm³/mol. The number of rotatable bonds is 4. The minimum absolute atomic E-state index is 0.150. The molecule has 0 fully saturated rings. The number of carbonyl (C=O) groups is 3. The first-order valence-corrected chi connectivity index (χ1v) is 8.22. The first-order chi connectivity index (χ1) is 12.9. The van der Waals surface area contributed by atoms with Crippen molar-refractivity contribution in [2.24, 2.45) is 0 Å². The number of fused-ring (bicyclic) bond motifs is 1. The van der Waals surface area contributed by atoms with E-state index in [1.807, 2.05) is 12.1 Å². The highest BCUT2D eigenvalue weighted by molar-refractivity contribution is 7.71. The van der Waals surface area contributed by atoms with Crippen molar-refractivity contribution >= 4 is 40.8 Å². The Morgan fingerprint density at radius 3 is 2.33 bits per heavy atom. The SMILES string of the molecule is COC(=O)c1nc(=S)[nH]c(C(=O)OC)c1C(=O)c1c(C)[nH]c2ccccc12. The summed E-state index contributed by atoms with van der Waals surface area (Å²) in [6, 6.07) is 7.19. The second-order valence-electron chi connectivity index (χ2n) is 5.62. The lowest BCUT2D eigenvalue weighted by Crippen LogP contribution is -2.21. The van der Waals surface area contributed by atoms with Gasteiger partial charge in [0, 0.05) is 16.6 Å². The first-order valence-electron chi connectivity index (χ1n) is 7.82. The van der Waals surface area contributed by atoms with Gasteiger partial charge < -0.3 is 19.4 Å². The number of benzene rings is 1. The molecule has 3 aromatic rings. The Labute approximate surface area is 158 Å². The number of nitrogens with zero attached hydrogens (tertiary/aromatic N) is 1. The van der Waals surface area contributed by atoms with Gasteiger partial charge in [-0.3, -0.25) is 4.79 Å². The van der Waals surface area contributed by atoms with Crippen LogP contribution in [-0.2, 0) is 9.47 Å². The van der Waals surface area contributed by atoms with E-state index in [4.69, 9.17) is 21.7 Å². The Morgan fingerprint density at radius 1 is 1.00 bits per heavy atom. The summed E-state index contributed by atoms with van der Waals surface area (Å²) in [5, 5.41) is 0.647. The Balaban J connectivity index is 2.36. The average molecular weight is 385 g/mol. The zero-order chi connectivity index (χ0) is 19.7. The number of H-pyrrole nitrogens is 2. The van der Waals surface area contributed by atoms with E-state index < -0.39 is 17.7 Å². The molecule has 0 saturated carbocycles. The number of hydrogen-bond donors (Lipinski definition) is 2. The van der Waals surface area contributed by atoms with E-state index in [1.165, 1.54) is 0 Å². The number of carbonyl (C=O) groups excluding carboxylic acids is 3. The van der Waals surface area contributed by atoms with Crippen molar-refractivity contribution < 1.29 is 23.9 Å². The van der Waals surface area contributed by atoms with E-state index in [1.54, 1.807) is 19.1 Å². The number of aryl methyl sites for hydroxylation is 1. The fraction of sp³-hybridized carbons (Fsp3) is 0.167. The molecule has 1 aromatic carbocycles. The number of esters is 2. The molecule has 0 spiro atoms. The Kier molecular flexibility index (Phi) is 4.87. The molecule has 0 aliphatic carbocycles. The van der Waals surface area contributed by atoms with Gasteiger partial charge in [-0.1, -0.05) is 18.2 Å². The van der Waals surface area contributed by atoms with Gasteiger partial charge >= 0.3 is 11.9 Å². The maximum absolute atomic E-state index is 13.4. The smallest absolute Gasteiger partial charge is 0.357 e. The molecule has 9 heteroatoms. The number of hydrogen-bond acceptors (Lipinski definition) is 7. The van der Waals surface area contributed by atoms with Gasteiger partial charge in [-0.05, 0) is 25.2 Å². The van der Waals surface area contributed by atoms with Gasteiger partial charge in [0.25, 0.3) is 0 Å². The number of aromatic nitrogens is 3. The van der Waals surface area contributed by atoms with E-state index >= 15 is 0 Å². The number of ether oxygens (including phenoxy) is 2. The molecule has 2 aromatic heterocycles. The molecule has 8 nitrogen and oxygen atoms in total. The summed E-state index contributed by atoms with van der Waals surface area (Å²) in [4.78, 5) is 47.4. The van der Waals surface area contributed by atoms with Crippen LogP contribution in [0.2, 0.25) is 0 Å². The molecule has 0 amide bonds. The summed E-state index contributed by atoms with van der Waals surface area (Å²) in [6.45, 7) is 1.72. The normalized spacial score (nSPS) is 10.6. The topological polar surface area (TPSA) is 114 Å². The summed E-state index contributed by atoms with van der Waals surface area (Å²) in [5.41, 5.74) is 0.775. The number of para-hydroxylation sites is 1. The second kappa shape index (κ2) is 7.12. The minimum Gasteiger partial charge on any atom is -0.464 e. The first kappa shape index (κ1) is 18.5. The van der Waals surface area contributed by atoms with Gasteiger partial charge in [-0.25, -0.2) is 14.6 Å². The quantitative estimate of drug-likeness (QED) is 0.403. The van der Waals surface area contributed by atoms with E-state index in [9.17, 15) is 14.4 Å². The third-order valence-electron chi connectivity index (χ3n) is 4.05. The van der Waals surface area contributed by atoms with Crippen molar-refractivity contribution in [3.63, 3.8) is 0 Å². The van der Waals surface area contributed by atoms with Crippen molar-refractivity contribution in [1.82, 2.24) is 15.0 Å². The highest BCUT2D eigenvalue weighted by Gasteiger charge is 2.31. The summed E-state index contributed by atoms with van der Waals surface area (Å²) in [6.07, 6.45) is 0. The molecular weight excluding hydrogens is 370 g/mol. The fourth-order valence-corrected chi connectivity index (χ4v) is 3.08. The molecule has 0 radical (unpaired) electrons. The van der Waals surface area contributed by atoms with Crippen LogP contribution in [0.3, 0.4) is 0 Å². The highest BCUT2D eigenvalue weighted by atomic mass is 32.1. The minimum atomic E-state index is -0.888. The monoisotopic (exact) mass is 385 g/mol. The predicted octanol–water partition coefficient (Wildman–Crippen LogP) is 2.73. The molecule has 0 bridgehead atoms. The summed E-state index contributed by atoms with van der Waals surface area (Å²) < 4.78 is 9.29. The van der Waals surface area contributed by atoms with Crippen LogP contribution in [0.1, 0.15) is 42.6 Å². The number of nitrogens with one attached hydrogen (secondary N) is 2. The highest BCUT2D eigenvalue weighted by Crippen LogP contribution is 2.27. The molecule has 2 N–H and O–H groups in total. The van der Waals surface area contributed by atoms with Gasteiger partial charge in [0.2, 0.25) is 0 Å². The van der Waals surface area contributed by atoms with Gasteiger partial charge in [-0.2, -0.15) is 0 Å². The van der Waals surface area contributed by atoms with Crippen molar-refractivity contribution in [1.29, 1.82) is 0 Å². The molecule has 0 saturated heterocycles. The Bertz CT molecular complexity index is 1110. The van der Waals surface area contributed by atoms with Crippen LogP contribution in [0, 0.1) is 11.7 Å². The van der Waals surface area contributed by atoms with Crippen LogP contribution >= 0.6 is 12.2 Å². The largest absolute Gasteiger partial charge is 0.464 e.